The fraction of sp³-hybridized carbons (Fsp3) is 0.500. The van der Waals surface area contributed by atoms with E-state index >= 15 is 0 Å². The molecule has 1 N–H and O–H groups in total. The summed E-state index contributed by atoms with van der Waals surface area (Å²) in [6.45, 7) is 5.16. The first-order valence-corrected chi connectivity index (χ1v) is 8.64. The minimum Gasteiger partial charge on any atom is -0.372 e. The van der Waals surface area contributed by atoms with Crippen molar-refractivity contribution in [1.82, 2.24) is 15.1 Å². The lowest BCUT2D eigenvalue weighted by molar-refractivity contribution is -0.146. The van der Waals surface area contributed by atoms with Crippen LogP contribution >= 0.6 is 0 Å². The topological polar surface area (TPSA) is 79.0 Å². The number of imide groups is 1. The smallest absolute Gasteiger partial charge is 0.325 e. The molecular formula is C18H21F2N3O4. The molecular weight excluding hydrogens is 360 g/mol. The summed E-state index contributed by atoms with van der Waals surface area (Å²) in [6, 6.07) is 1.85. The fourth-order valence-corrected chi connectivity index (χ4v) is 3.52. The van der Waals surface area contributed by atoms with Gasteiger partial charge in [-0.3, -0.25) is 14.5 Å². The molecule has 7 nitrogen and oxygen atoms in total. The van der Waals surface area contributed by atoms with E-state index in [2.05, 4.69) is 5.32 Å². The normalized spacial score (nSPS) is 28.5. The van der Waals surface area contributed by atoms with Gasteiger partial charge in [-0.15, -0.1) is 0 Å². The van der Waals surface area contributed by atoms with Gasteiger partial charge in [0.05, 0.1) is 12.2 Å². The van der Waals surface area contributed by atoms with Crippen LogP contribution < -0.4 is 5.32 Å². The Balaban J connectivity index is 1.80. The molecule has 2 aliphatic heterocycles. The average molecular weight is 381 g/mol. The molecule has 1 aromatic carbocycles. The zero-order valence-electron chi connectivity index (χ0n) is 15.3. The Hall–Kier alpha value is -2.55. The van der Waals surface area contributed by atoms with E-state index in [1.54, 1.807) is 0 Å². The van der Waals surface area contributed by atoms with E-state index in [0.717, 1.165) is 23.1 Å². The van der Waals surface area contributed by atoms with Gasteiger partial charge < -0.3 is 15.0 Å². The number of rotatable bonds is 3. The van der Waals surface area contributed by atoms with Crippen molar-refractivity contribution in [1.29, 1.82) is 0 Å². The molecule has 0 radical (unpaired) electrons. The molecule has 27 heavy (non-hydrogen) atoms. The highest BCUT2D eigenvalue weighted by Gasteiger charge is 2.51. The molecule has 4 amide bonds. The Morgan fingerprint density at radius 3 is 2.52 bits per heavy atom. The standard InChI is InChI=1S/C18H21F2N3O4/c1-10-7-22(8-11(2)27-10)15(24)9-23-16(25)18(3,21-17(23)26)13-6-12(19)4-5-14(13)20/h4-6,10-11H,7-9H2,1-3H3,(H,21,26)/t10-,11-,18+/m0/s1. The van der Waals surface area contributed by atoms with E-state index in [9.17, 15) is 23.2 Å². The van der Waals surface area contributed by atoms with Gasteiger partial charge in [-0.25, -0.2) is 13.6 Å². The Morgan fingerprint density at radius 2 is 1.89 bits per heavy atom. The number of urea groups is 1. The summed E-state index contributed by atoms with van der Waals surface area (Å²) in [5, 5.41) is 2.38. The Bertz CT molecular complexity index is 793. The van der Waals surface area contributed by atoms with Crippen LogP contribution in [0.4, 0.5) is 13.6 Å². The van der Waals surface area contributed by atoms with E-state index in [1.807, 2.05) is 13.8 Å². The molecule has 0 bridgehead atoms. The van der Waals surface area contributed by atoms with Crippen LogP contribution in [-0.2, 0) is 19.9 Å². The molecule has 0 saturated carbocycles. The number of ether oxygens (including phenoxy) is 1. The SMILES string of the molecule is C[C@H]1CN(C(=O)CN2C(=O)N[C@](C)(c3cc(F)ccc3F)C2=O)C[C@H](C)O1. The number of hydrogen-bond acceptors (Lipinski definition) is 4. The van der Waals surface area contributed by atoms with Gasteiger partial charge in [0.1, 0.15) is 23.7 Å². The van der Waals surface area contributed by atoms with Crippen LogP contribution in [0.5, 0.6) is 0 Å². The zero-order valence-corrected chi connectivity index (χ0v) is 15.3. The van der Waals surface area contributed by atoms with Crippen LogP contribution in [0.1, 0.15) is 26.3 Å². The van der Waals surface area contributed by atoms with Gasteiger partial charge in [0.2, 0.25) is 5.91 Å². The summed E-state index contributed by atoms with van der Waals surface area (Å²) >= 11 is 0. The Kier molecular flexibility index (Phi) is 4.90. The van der Waals surface area contributed by atoms with Crippen molar-refractivity contribution in [2.24, 2.45) is 0 Å². The van der Waals surface area contributed by atoms with Crippen LogP contribution in [0.15, 0.2) is 18.2 Å². The minimum atomic E-state index is -1.78. The van der Waals surface area contributed by atoms with Crippen molar-refractivity contribution in [2.45, 2.75) is 38.5 Å². The van der Waals surface area contributed by atoms with Crippen LogP contribution in [0.2, 0.25) is 0 Å². The molecule has 2 aliphatic rings. The number of nitrogens with zero attached hydrogens (tertiary/aromatic N) is 2. The van der Waals surface area contributed by atoms with Gasteiger partial charge >= 0.3 is 6.03 Å². The predicted octanol–water partition coefficient (Wildman–Crippen LogP) is 1.37. The maximum Gasteiger partial charge on any atom is 0.325 e. The quantitative estimate of drug-likeness (QED) is 0.802. The Labute approximate surface area is 155 Å². The first-order chi connectivity index (χ1) is 12.6. The van der Waals surface area contributed by atoms with Crippen molar-refractivity contribution < 1.29 is 27.9 Å². The van der Waals surface area contributed by atoms with Gasteiger partial charge in [-0.2, -0.15) is 0 Å². The number of benzene rings is 1. The fourth-order valence-electron chi connectivity index (χ4n) is 3.52. The molecule has 1 aromatic rings. The third-order valence-electron chi connectivity index (χ3n) is 4.81. The molecule has 2 heterocycles. The summed E-state index contributed by atoms with van der Waals surface area (Å²) in [5.41, 5.74) is -2.07. The van der Waals surface area contributed by atoms with Crippen LogP contribution in [0, 0.1) is 11.6 Å². The summed E-state index contributed by atoms with van der Waals surface area (Å²) < 4.78 is 33.3. The van der Waals surface area contributed by atoms with E-state index in [0.29, 0.717) is 13.1 Å². The van der Waals surface area contributed by atoms with Crippen molar-refractivity contribution in [3.63, 3.8) is 0 Å². The highest BCUT2D eigenvalue weighted by molar-refractivity contribution is 6.09. The molecule has 9 heteroatoms. The third-order valence-corrected chi connectivity index (χ3v) is 4.81. The molecule has 0 unspecified atom stereocenters. The lowest BCUT2D eigenvalue weighted by atomic mass is 9.91. The zero-order chi connectivity index (χ0) is 19.9. The van der Waals surface area contributed by atoms with Crippen molar-refractivity contribution >= 4 is 17.8 Å². The van der Waals surface area contributed by atoms with Gasteiger partial charge in [0.15, 0.2) is 0 Å². The first kappa shape index (κ1) is 19.2. The second kappa shape index (κ2) is 6.88. The number of nitrogens with one attached hydrogen (secondary N) is 1. The molecule has 0 spiro atoms. The second-order valence-corrected chi connectivity index (χ2v) is 7.13. The van der Waals surface area contributed by atoms with E-state index in [1.165, 1.54) is 11.8 Å². The first-order valence-electron chi connectivity index (χ1n) is 8.64. The third kappa shape index (κ3) is 3.51. The summed E-state index contributed by atoms with van der Waals surface area (Å²) in [5.74, 6) is -2.78. The molecule has 2 fully saturated rings. The number of hydrogen-bond donors (Lipinski definition) is 1. The molecule has 146 valence electrons. The average Bonchev–Trinajstić information content (AvgIpc) is 2.80. The number of carbonyl (C=O) groups excluding carboxylic acids is 3. The number of halogens is 2. The number of morpholine rings is 1. The molecule has 0 aliphatic carbocycles. The van der Waals surface area contributed by atoms with Gasteiger partial charge in [0.25, 0.3) is 5.91 Å². The Morgan fingerprint density at radius 1 is 1.26 bits per heavy atom. The molecule has 3 rings (SSSR count). The van der Waals surface area contributed by atoms with Gasteiger partial charge in [0, 0.05) is 18.7 Å². The lowest BCUT2D eigenvalue weighted by Crippen LogP contribution is -2.52. The van der Waals surface area contributed by atoms with Crippen molar-refractivity contribution in [3.05, 3.63) is 35.4 Å². The molecule has 2 saturated heterocycles. The largest absolute Gasteiger partial charge is 0.372 e. The van der Waals surface area contributed by atoms with Gasteiger partial charge in [-0.05, 0) is 39.0 Å². The summed E-state index contributed by atoms with van der Waals surface area (Å²) in [7, 11) is 0. The highest BCUT2D eigenvalue weighted by atomic mass is 19.1. The number of carbonyl (C=O) groups is 3. The van der Waals surface area contributed by atoms with Gasteiger partial charge in [-0.1, -0.05) is 0 Å². The summed E-state index contributed by atoms with van der Waals surface area (Å²) in [6.07, 6.45) is -0.320. The van der Waals surface area contributed by atoms with Crippen molar-refractivity contribution in [3.8, 4) is 0 Å². The lowest BCUT2D eigenvalue weighted by Gasteiger charge is -2.35. The van der Waals surface area contributed by atoms with E-state index < -0.39 is 41.6 Å². The highest BCUT2D eigenvalue weighted by Crippen LogP contribution is 2.31. The maximum absolute atomic E-state index is 14.2. The maximum atomic E-state index is 14.2. The monoisotopic (exact) mass is 381 g/mol. The molecule has 0 aromatic heterocycles. The summed E-state index contributed by atoms with van der Waals surface area (Å²) in [4.78, 5) is 39.9. The van der Waals surface area contributed by atoms with E-state index in [4.69, 9.17) is 4.74 Å². The van der Waals surface area contributed by atoms with Crippen LogP contribution in [-0.4, -0.2) is 59.5 Å². The van der Waals surface area contributed by atoms with Crippen LogP contribution in [0.25, 0.3) is 0 Å². The van der Waals surface area contributed by atoms with Crippen molar-refractivity contribution in [2.75, 3.05) is 19.6 Å². The minimum absolute atomic E-state index is 0.160. The predicted molar refractivity (Wildman–Crippen MR) is 90.5 cm³/mol. The van der Waals surface area contributed by atoms with E-state index in [-0.39, 0.29) is 17.8 Å². The molecule has 3 atom stereocenters. The number of amides is 4. The van der Waals surface area contributed by atoms with Crippen LogP contribution in [0.3, 0.4) is 0 Å². The second-order valence-electron chi connectivity index (χ2n) is 7.13.